The van der Waals surface area contributed by atoms with Crippen LogP contribution in [0.1, 0.15) is 22.8 Å². The number of morpholine rings is 1. The molecular formula is C18H19Cl2NO3S. The quantitative estimate of drug-likeness (QED) is 0.769. The third-order valence-corrected chi connectivity index (χ3v) is 6.69. The van der Waals surface area contributed by atoms with E-state index in [1.165, 1.54) is 4.31 Å². The van der Waals surface area contributed by atoms with E-state index in [4.69, 9.17) is 27.9 Å². The minimum atomic E-state index is -3.59. The van der Waals surface area contributed by atoms with Crippen molar-refractivity contribution < 1.29 is 13.2 Å². The molecule has 1 aliphatic rings. The lowest BCUT2D eigenvalue weighted by molar-refractivity contribution is -0.00255. The molecule has 0 radical (unpaired) electrons. The highest BCUT2D eigenvalue weighted by atomic mass is 35.5. The SMILES string of the molecule is Cc1ccc(C)c(S(=O)(=O)N2CCOC(c3cc(Cl)cc(Cl)c3)C2)c1. The summed E-state index contributed by atoms with van der Waals surface area (Å²) in [5.41, 5.74) is 2.42. The van der Waals surface area contributed by atoms with Crippen molar-refractivity contribution >= 4 is 33.2 Å². The van der Waals surface area contributed by atoms with Crippen LogP contribution in [0, 0.1) is 13.8 Å². The summed E-state index contributed by atoms with van der Waals surface area (Å²) in [5.74, 6) is 0. The Morgan fingerprint density at radius 2 is 1.76 bits per heavy atom. The molecule has 134 valence electrons. The van der Waals surface area contributed by atoms with Crippen LogP contribution in [0.4, 0.5) is 0 Å². The maximum absolute atomic E-state index is 13.1. The first-order chi connectivity index (χ1) is 11.8. The number of aryl methyl sites for hydroxylation is 2. The molecule has 3 rings (SSSR count). The van der Waals surface area contributed by atoms with Crippen LogP contribution in [0.5, 0.6) is 0 Å². The molecule has 0 spiro atoms. The van der Waals surface area contributed by atoms with Crippen LogP contribution in [0.15, 0.2) is 41.3 Å². The van der Waals surface area contributed by atoms with Crippen molar-refractivity contribution in [3.8, 4) is 0 Å². The van der Waals surface area contributed by atoms with Gasteiger partial charge in [0.15, 0.2) is 0 Å². The lowest BCUT2D eigenvalue weighted by Gasteiger charge is -2.33. The second kappa shape index (κ2) is 7.25. The van der Waals surface area contributed by atoms with Crippen LogP contribution in [-0.2, 0) is 14.8 Å². The summed E-state index contributed by atoms with van der Waals surface area (Å²) in [6, 6.07) is 10.6. The number of nitrogens with zero attached hydrogens (tertiary/aromatic N) is 1. The molecule has 0 N–H and O–H groups in total. The lowest BCUT2D eigenvalue weighted by Crippen LogP contribution is -2.42. The average molecular weight is 400 g/mol. The Bertz CT molecular complexity index is 879. The summed E-state index contributed by atoms with van der Waals surface area (Å²) >= 11 is 12.1. The van der Waals surface area contributed by atoms with Gasteiger partial charge < -0.3 is 4.74 Å². The van der Waals surface area contributed by atoms with E-state index >= 15 is 0 Å². The number of benzene rings is 2. The Morgan fingerprint density at radius 1 is 1.08 bits per heavy atom. The Kier molecular flexibility index (Phi) is 5.42. The first kappa shape index (κ1) is 18.7. The maximum Gasteiger partial charge on any atom is 0.243 e. The first-order valence-electron chi connectivity index (χ1n) is 7.92. The van der Waals surface area contributed by atoms with E-state index in [-0.39, 0.29) is 6.54 Å². The molecule has 0 saturated carbocycles. The number of hydrogen-bond donors (Lipinski definition) is 0. The Hall–Kier alpha value is -1.11. The predicted molar refractivity (Wildman–Crippen MR) is 99.8 cm³/mol. The van der Waals surface area contributed by atoms with Crippen molar-refractivity contribution in [2.75, 3.05) is 19.7 Å². The van der Waals surface area contributed by atoms with Crippen LogP contribution >= 0.6 is 23.2 Å². The van der Waals surface area contributed by atoms with Gasteiger partial charge in [-0.25, -0.2) is 8.42 Å². The minimum Gasteiger partial charge on any atom is -0.371 e. The first-order valence-corrected chi connectivity index (χ1v) is 10.1. The van der Waals surface area contributed by atoms with Crippen LogP contribution in [-0.4, -0.2) is 32.4 Å². The normalized spacial score (nSPS) is 19.1. The van der Waals surface area contributed by atoms with Crippen molar-refractivity contribution in [1.29, 1.82) is 0 Å². The van der Waals surface area contributed by atoms with E-state index in [1.54, 1.807) is 31.2 Å². The molecule has 0 aromatic heterocycles. The molecule has 0 aliphatic carbocycles. The Morgan fingerprint density at radius 3 is 2.44 bits per heavy atom. The van der Waals surface area contributed by atoms with Gasteiger partial charge in [0, 0.05) is 23.1 Å². The fourth-order valence-electron chi connectivity index (χ4n) is 2.93. The molecule has 7 heteroatoms. The highest BCUT2D eigenvalue weighted by Crippen LogP contribution is 2.31. The fourth-order valence-corrected chi connectivity index (χ4v) is 5.21. The number of hydrogen-bond acceptors (Lipinski definition) is 3. The minimum absolute atomic E-state index is 0.229. The molecule has 1 aliphatic heterocycles. The molecule has 1 saturated heterocycles. The molecule has 2 aromatic rings. The molecule has 1 heterocycles. The zero-order valence-corrected chi connectivity index (χ0v) is 16.3. The monoisotopic (exact) mass is 399 g/mol. The molecule has 1 atom stereocenters. The van der Waals surface area contributed by atoms with Crippen molar-refractivity contribution in [3.05, 3.63) is 63.1 Å². The Balaban J connectivity index is 1.91. The zero-order chi connectivity index (χ0) is 18.2. The van der Waals surface area contributed by atoms with Crippen molar-refractivity contribution in [3.63, 3.8) is 0 Å². The predicted octanol–water partition coefficient (Wildman–Crippen LogP) is 4.37. The summed E-state index contributed by atoms with van der Waals surface area (Å²) in [4.78, 5) is 0.345. The van der Waals surface area contributed by atoms with E-state index in [9.17, 15) is 8.42 Å². The molecule has 2 aromatic carbocycles. The summed E-state index contributed by atoms with van der Waals surface area (Å²) in [5, 5.41) is 1.00. The molecule has 0 bridgehead atoms. The van der Waals surface area contributed by atoms with Gasteiger partial charge in [-0.1, -0.05) is 35.3 Å². The average Bonchev–Trinajstić information content (AvgIpc) is 2.56. The molecule has 1 unspecified atom stereocenters. The number of ether oxygens (including phenoxy) is 1. The van der Waals surface area contributed by atoms with Gasteiger partial charge in [0.25, 0.3) is 0 Å². The van der Waals surface area contributed by atoms with Gasteiger partial charge in [-0.05, 0) is 54.8 Å². The molecular weight excluding hydrogens is 381 g/mol. The number of halogens is 2. The standard InChI is InChI=1S/C18H19Cl2NO3S/c1-12-3-4-13(2)18(7-12)25(22,23)21-5-6-24-17(11-21)14-8-15(19)10-16(20)9-14/h3-4,7-10,17H,5-6,11H2,1-2H3. The van der Waals surface area contributed by atoms with Gasteiger partial charge in [0.05, 0.1) is 17.6 Å². The van der Waals surface area contributed by atoms with Crippen LogP contribution in [0.2, 0.25) is 10.0 Å². The smallest absolute Gasteiger partial charge is 0.243 e. The van der Waals surface area contributed by atoms with Gasteiger partial charge >= 0.3 is 0 Å². The molecule has 4 nitrogen and oxygen atoms in total. The fraction of sp³-hybridized carbons (Fsp3) is 0.333. The van der Waals surface area contributed by atoms with Gasteiger partial charge in [-0.2, -0.15) is 4.31 Å². The molecule has 25 heavy (non-hydrogen) atoms. The third-order valence-electron chi connectivity index (χ3n) is 4.25. The lowest BCUT2D eigenvalue weighted by atomic mass is 10.1. The number of sulfonamides is 1. The summed E-state index contributed by atoms with van der Waals surface area (Å²) in [6.07, 6.45) is -0.398. The second-order valence-electron chi connectivity index (χ2n) is 6.19. The van der Waals surface area contributed by atoms with Gasteiger partial charge in [-0.3, -0.25) is 0 Å². The van der Waals surface area contributed by atoms with Crippen molar-refractivity contribution in [2.45, 2.75) is 24.8 Å². The highest BCUT2D eigenvalue weighted by Gasteiger charge is 2.32. The van der Waals surface area contributed by atoms with Crippen LogP contribution in [0.25, 0.3) is 0 Å². The van der Waals surface area contributed by atoms with E-state index in [0.29, 0.717) is 28.1 Å². The van der Waals surface area contributed by atoms with Gasteiger partial charge in [-0.15, -0.1) is 0 Å². The highest BCUT2D eigenvalue weighted by molar-refractivity contribution is 7.89. The zero-order valence-electron chi connectivity index (χ0n) is 14.0. The third kappa shape index (κ3) is 4.01. The summed E-state index contributed by atoms with van der Waals surface area (Å²) in [6.45, 7) is 4.56. The summed E-state index contributed by atoms with van der Waals surface area (Å²) in [7, 11) is -3.59. The molecule has 0 amide bonds. The Labute approximate surface area is 158 Å². The van der Waals surface area contributed by atoms with E-state index in [1.807, 2.05) is 19.1 Å². The van der Waals surface area contributed by atoms with E-state index in [2.05, 4.69) is 0 Å². The van der Waals surface area contributed by atoms with Crippen LogP contribution < -0.4 is 0 Å². The number of rotatable bonds is 3. The van der Waals surface area contributed by atoms with Crippen molar-refractivity contribution in [2.24, 2.45) is 0 Å². The topological polar surface area (TPSA) is 46.6 Å². The van der Waals surface area contributed by atoms with Gasteiger partial charge in [0.2, 0.25) is 10.0 Å². The molecule has 1 fully saturated rings. The van der Waals surface area contributed by atoms with E-state index in [0.717, 1.165) is 16.7 Å². The maximum atomic E-state index is 13.1. The van der Waals surface area contributed by atoms with E-state index < -0.39 is 16.1 Å². The van der Waals surface area contributed by atoms with Crippen LogP contribution in [0.3, 0.4) is 0 Å². The van der Waals surface area contributed by atoms with Crippen molar-refractivity contribution in [1.82, 2.24) is 4.31 Å². The second-order valence-corrected chi connectivity index (χ2v) is 8.97. The largest absolute Gasteiger partial charge is 0.371 e. The summed E-state index contributed by atoms with van der Waals surface area (Å²) < 4.78 is 33.4. The van der Waals surface area contributed by atoms with Gasteiger partial charge in [0.1, 0.15) is 0 Å².